The third-order valence-electron chi connectivity index (χ3n) is 4.48. The van der Waals surface area contributed by atoms with Crippen LogP contribution in [0.1, 0.15) is 18.7 Å². The van der Waals surface area contributed by atoms with Crippen molar-refractivity contribution >= 4 is 68.4 Å². The fourth-order valence-corrected chi connectivity index (χ4v) is 5.52. The number of nitrogens with zero attached hydrogens (tertiary/aromatic N) is 6. The number of carboxylic acids is 1. The van der Waals surface area contributed by atoms with Gasteiger partial charge in [-0.1, -0.05) is 28.3 Å². The normalized spacial score (nSPS) is 21.0. The second kappa shape index (κ2) is 8.08. The van der Waals surface area contributed by atoms with Gasteiger partial charge in [-0.2, -0.15) is 9.36 Å². The van der Waals surface area contributed by atoms with E-state index in [-0.39, 0.29) is 21.8 Å². The summed E-state index contributed by atoms with van der Waals surface area (Å²) in [6.45, 7) is 0. The first-order valence-electron chi connectivity index (χ1n) is 8.49. The highest BCUT2D eigenvalue weighted by Crippen LogP contribution is 2.43. The van der Waals surface area contributed by atoms with Gasteiger partial charge in [-0.15, -0.1) is 10.2 Å². The monoisotopic (exact) mass is 483 g/mol. The minimum Gasteiger partial charge on any atom is -0.477 e. The predicted octanol–water partition coefficient (Wildman–Crippen LogP) is -0.690. The van der Waals surface area contributed by atoms with E-state index in [1.54, 1.807) is 0 Å². The van der Waals surface area contributed by atoms with Crippen LogP contribution in [0.25, 0.3) is 0 Å². The first-order valence-corrected chi connectivity index (χ1v) is 10.9. The van der Waals surface area contributed by atoms with Gasteiger partial charge in [0, 0.05) is 16.4 Å². The van der Waals surface area contributed by atoms with Crippen molar-refractivity contribution in [3.8, 4) is 0 Å². The number of carbonyl (C=O) groups excluding carboxylic acids is 2. The summed E-state index contributed by atoms with van der Waals surface area (Å²) < 4.78 is 4.26. The van der Waals surface area contributed by atoms with Gasteiger partial charge in [0.1, 0.15) is 11.7 Å². The van der Waals surface area contributed by atoms with Crippen LogP contribution in [0.4, 0.5) is 10.3 Å². The second-order valence-electron chi connectivity index (χ2n) is 6.26. The molecule has 7 N–H and O–H groups in total. The zero-order chi connectivity index (χ0) is 22.3. The number of fused-ring (bicyclic) bond motifs is 1. The maximum atomic E-state index is 12.7. The standard InChI is InChI=1S/C14H13N9O5S3/c15-12-18-8(22-31-12)6(21-28)9(24)17-5-3-1-2-4(29-14-20-19-13(16)30-14)7(11(26)27)23(3)10(5)25/h3,5,28H,1-2H2,(H2,16,19)(H,17,24)(H,26,27)(H2,15,18,22)/b21-6-. The van der Waals surface area contributed by atoms with Gasteiger partial charge < -0.3 is 27.1 Å². The minimum atomic E-state index is -1.28. The number of nitrogen functional groups attached to an aromatic ring is 2. The molecule has 4 rings (SSSR count). The number of nitrogens with two attached hydrogens (primary N) is 2. The number of aliphatic carboxylic acids is 1. The van der Waals surface area contributed by atoms with E-state index in [1.165, 1.54) is 0 Å². The molecule has 0 aromatic carbocycles. The minimum absolute atomic E-state index is 0.0700. The van der Waals surface area contributed by atoms with Crippen molar-refractivity contribution in [2.24, 2.45) is 5.16 Å². The number of carbonyl (C=O) groups is 3. The molecule has 31 heavy (non-hydrogen) atoms. The number of hydrogen-bond acceptors (Lipinski definition) is 14. The lowest BCUT2D eigenvalue weighted by molar-refractivity contribution is -0.155. The Morgan fingerprint density at radius 2 is 2.06 bits per heavy atom. The van der Waals surface area contributed by atoms with E-state index in [1.807, 2.05) is 0 Å². The van der Waals surface area contributed by atoms with E-state index in [9.17, 15) is 19.5 Å². The Labute approximate surface area is 185 Å². The molecule has 2 atom stereocenters. The van der Waals surface area contributed by atoms with Crippen LogP contribution in [0, 0.1) is 0 Å². The molecule has 2 aliphatic heterocycles. The molecule has 2 aromatic rings. The van der Waals surface area contributed by atoms with Gasteiger partial charge >= 0.3 is 5.97 Å². The zero-order valence-electron chi connectivity index (χ0n) is 15.3. The lowest BCUT2D eigenvalue weighted by Gasteiger charge is -2.49. The first kappa shape index (κ1) is 20.9. The number of oxime groups is 1. The molecule has 2 unspecified atom stereocenters. The number of carboxylic acid groups (broad SMARTS) is 1. The molecule has 1 fully saturated rings. The van der Waals surface area contributed by atoms with Crippen molar-refractivity contribution in [2.45, 2.75) is 29.3 Å². The Bertz CT molecular complexity index is 1140. The van der Waals surface area contributed by atoms with Gasteiger partial charge in [-0.3, -0.25) is 14.5 Å². The average molecular weight is 484 g/mol. The van der Waals surface area contributed by atoms with Crippen LogP contribution in [0.3, 0.4) is 0 Å². The summed E-state index contributed by atoms with van der Waals surface area (Å²) in [6.07, 6.45) is 0.745. The Balaban J connectivity index is 1.52. The molecule has 0 radical (unpaired) electrons. The zero-order valence-corrected chi connectivity index (χ0v) is 17.7. The Hall–Kier alpha value is -3.31. The number of amides is 2. The molecule has 4 heterocycles. The van der Waals surface area contributed by atoms with E-state index >= 15 is 0 Å². The van der Waals surface area contributed by atoms with E-state index in [0.717, 1.165) is 39.5 Å². The van der Waals surface area contributed by atoms with Gasteiger partial charge in [0.25, 0.3) is 11.8 Å². The van der Waals surface area contributed by atoms with Crippen LogP contribution in [-0.2, 0) is 14.4 Å². The number of allylic oxidation sites excluding steroid dienone is 1. The van der Waals surface area contributed by atoms with Crippen molar-refractivity contribution in [3.05, 3.63) is 16.4 Å². The molecule has 0 bridgehead atoms. The maximum Gasteiger partial charge on any atom is 0.353 e. The number of aromatic nitrogens is 4. The Morgan fingerprint density at radius 1 is 1.29 bits per heavy atom. The second-order valence-corrected chi connectivity index (χ2v) is 9.39. The van der Waals surface area contributed by atoms with Gasteiger partial charge in [0.05, 0.1) is 6.04 Å². The Kier molecular flexibility index (Phi) is 5.46. The summed E-state index contributed by atoms with van der Waals surface area (Å²) in [5.74, 6) is -2.95. The molecular formula is C14H13N9O5S3. The summed E-state index contributed by atoms with van der Waals surface area (Å²) >= 11 is 3.00. The molecule has 2 amide bonds. The van der Waals surface area contributed by atoms with E-state index in [2.05, 4.69) is 30.0 Å². The molecule has 2 aromatic heterocycles. The highest BCUT2D eigenvalue weighted by Gasteiger charge is 2.54. The number of β-lactam (4-membered cyclic amide) rings is 1. The van der Waals surface area contributed by atoms with Crippen molar-refractivity contribution in [3.63, 3.8) is 0 Å². The highest BCUT2D eigenvalue weighted by atomic mass is 32.2. The summed E-state index contributed by atoms with van der Waals surface area (Å²) in [5.41, 5.74) is 10.4. The highest BCUT2D eigenvalue weighted by molar-refractivity contribution is 8.04. The van der Waals surface area contributed by atoms with E-state index < -0.39 is 35.6 Å². The third kappa shape index (κ3) is 3.77. The number of hydrogen-bond donors (Lipinski definition) is 5. The average Bonchev–Trinajstić information content (AvgIpc) is 3.34. The van der Waals surface area contributed by atoms with Crippen LogP contribution in [0.15, 0.2) is 20.1 Å². The fraction of sp³-hybridized carbons (Fsp3) is 0.286. The molecule has 2 aliphatic rings. The smallest absolute Gasteiger partial charge is 0.353 e. The number of nitrogens with one attached hydrogen (secondary N) is 1. The molecule has 0 aliphatic carbocycles. The van der Waals surface area contributed by atoms with E-state index in [4.69, 9.17) is 16.7 Å². The topological polar surface area (TPSA) is 223 Å². The molecule has 14 nitrogen and oxygen atoms in total. The van der Waals surface area contributed by atoms with Crippen molar-refractivity contribution in [1.82, 2.24) is 29.8 Å². The summed E-state index contributed by atoms with van der Waals surface area (Å²) in [5, 5.41) is 32.1. The fourth-order valence-electron chi connectivity index (χ4n) is 3.23. The van der Waals surface area contributed by atoms with Crippen LogP contribution in [-0.4, -0.2) is 70.3 Å². The molecule has 0 saturated carbocycles. The Morgan fingerprint density at radius 3 is 2.65 bits per heavy atom. The SMILES string of the molecule is Nc1nc(/C(=N/O)C(=O)NC2C(=O)N3C(C(=O)O)=C(Sc4nnc(N)s4)CCC23)ns1. The molecular weight excluding hydrogens is 470 g/mol. The van der Waals surface area contributed by atoms with Crippen molar-refractivity contribution in [1.29, 1.82) is 0 Å². The van der Waals surface area contributed by atoms with Gasteiger partial charge in [0.2, 0.25) is 16.7 Å². The van der Waals surface area contributed by atoms with Crippen LogP contribution < -0.4 is 16.8 Å². The predicted molar refractivity (Wildman–Crippen MR) is 109 cm³/mol. The molecule has 1 saturated heterocycles. The lowest BCUT2D eigenvalue weighted by atomic mass is 9.86. The number of rotatable bonds is 6. The van der Waals surface area contributed by atoms with E-state index in [0.29, 0.717) is 22.1 Å². The van der Waals surface area contributed by atoms with Crippen LogP contribution >= 0.6 is 34.6 Å². The number of anilines is 2. The lowest BCUT2D eigenvalue weighted by Crippen LogP contribution is -2.72. The summed E-state index contributed by atoms with van der Waals surface area (Å²) in [6, 6.07) is -1.56. The first-order chi connectivity index (χ1) is 14.8. The van der Waals surface area contributed by atoms with Gasteiger partial charge in [-0.25, -0.2) is 4.79 Å². The molecule has 0 spiro atoms. The third-order valence-corrected chi connectivity index (χ3v) is 6.97. The quantitative estimate of drug-likeness (QED) is 0.149. The largest absolute Gasteiger partial charge is 0.477 e. The van der Waals surface area contributed by atoms with Crippen molar-refractivity contribution in [2.75, 3.05) is 11.5 Å². The summed E-state index contributed by atoms with van der Waals surface area (Å²) in [7, 11) is 0. The van der Waals surface area contributed by atoms with Crippen LogP contribution in [0.5, 0.6) is 0 Å². The van der Waals surface area contributed by atoms with Gasteiger partial charge in [0.15, 0.2) is 9.47 Å². The van der Waals surface area contributed by atoms with Gasteiger partial charge in [-0.05, 0) is 12.8 Å². The maximum absolute atomic E-state index is 12.7. The molecule has 162 valence electrons. The number of thioether (sulfide) groups is 1. The molecule has 17 heteroatoms. The van der Waals surface area contributed by atoms with Crippen LogP contribution in [0.2, 0.25) is 0 Å². The van der Waals surface area contributed by atoms with Crippen molar-refractivity contribution < 1.29 is 24.7 Å². The summed E-state index contributed by atoms with van der Waals surface area (Å²) in [4.78, 5) is 42.4.